The number of para-hydroxylation sites is 1. The molecular formula is C20H22FNO3. The van der Waals surface area contributed by atoms with Crippen molar-refractivity contribution in [1.82, 2.24) is 5.48 Å². The first kappa shape index (κ1) is 17.4. The molecule has 1 aliphatic carbocycles. The van der Waals surface area contributed by atoms with E-state index in [1.165, 1.54) is 6.07 Å². The lowest BCUT2D eigenvalue weighted by Crippen LogP contribution is -2.47. The highest BCUT2D eigenvalue weighted by molar-refractivity contribution is 5.88. The van der Waals surface area contributed by atoms with E-state index in [1.807, 2.05) is 30.3 Å². The van der Waals surface area contributed by atoms with Crippen LogP contribution in [0.2, 0.25) is 0 Å². The molecule has 0 bridgehead atoms. The lowest BCUT2D eigenvalue weighted by molar-refractivity contribution is -0.137. The van der Waals surface area contributed by atoms with Gasteiger partial charge in [0, 0.05) is 0 Å². The fourth-order valence-electron chi connectivity index (χ4n) is 3.75. The molecular weight excluding hydrogens is 321 g/mol. The van der Waals surface area contributed by atoms with Crippen LogP contribution < -0.4 is 10.2 Å². The molecule has 1 amide bonds. The molecule has 132 valence electrons. The molecule has 2 aromatic carbocycles. The topological polar surface area (TPSA) is 58.6 Å². The van der Waals surface area contributed by atoms with Gasteiger partial charge in [0.05, 0.1) is 11.5 Å². The molecule has 5 heteroatoms. The van der Waals surface area contributed by atoms with Gasteiger partial charge < -0.3 is 4.74 Å². The number of halogens is 1. The molecule has 4 nitrogen and oxygen atoms in total. The van der Waals surface area contributed by atoms with Crippen LogP contribution in [0, 0.1) is 12.7 Å². The number of amides is 1. The zero-order valence-electron chi connectivity index (χ0n) is 14.2. The Morgan fingerprint density at radius 3 is 2.48 bits per heavy atom. The lowest BCUT2D eigenvalue weighted by Gasteiger charge is -2.39. The quantitative estimate of drug-likeness (QED) is 0.654. The molecule has 0 spiro atoms. The number of carbonyl (C=O) groups is 1. The molecule has 1 fully saturated rings. The van der Waals surface area contributed by atoms with Crippen LogP contribution in [0.4, 0.5) is 4.39 Å². The van der Waals surface area contributed by atoms with Gasteiger partial charge in [0.2, 0.25) is 0 Å². The molecule has 0 heterocycles. The number of hydrogen-bond acceptors (Lipinski definition) is 3. The summed E-state index contributed by atoms with van der Waals surface area (Å²) in [5, 5.41) is 9.25. The minimum absolute atomic E-state index is 0.00381. The van der Waals surface area contributed by atoms with E-state index < -0.39 is 11.3 Å². The van der Waals surface area contributed by atoms with Crippen molar-refractivity contribution in [1.29, 1.82) is 0 Å². The third-order valence-corrected chi connectivity index (χ3v) is 5.15. The monoisotopic (exact) mass is 343 g/mol. The van der Waals surface area contributed by atoms with Gasteiger partial charge in [-0.3, -0.25) is 10.0 Å². The smallest absolute Gasteiger partial charge is 0.253 e. The second-order valence-corrected chi connectivity index (χ2v) is 6.57. The molecule has 3 rings (SSSR count). The second kappa shape index (κ2) is 7.23. The van der Waals surface area contributed by atoms with Gasteiger partial charge in [-0.25, -0.2) is 9.87 Å². The van der Waals surface area contributed by atoms with E-state index >= 15 is 0 Å². The van der Waals surface area contributed by atoms with Gasteiger partial charge in [0.15, 0.2) is 0 Å². The molecule has 2 aromatic rings. The van der Waals surface area contributed by atoms with Crippen molar-refractivity contribution in [3.63, 3.8) is 0 Å². The zero-order chi connectivity index (χ0) is 17.9. The molecule has 1 aliphatic rings. The third-order valence-electron chi connectivity index (χ3n) is 5.15. The molecule has 1 saturated carbocycles. The molecule has 0 radical (unpaired) electrons. The van der Waals surface area contributed by atoms with Crippen LogP contribution in [0.3, 0.4) is 0 Å². The van der Waals surface area contributed by atoms with Crippen molar-refractivity contribution in [2.75, 3.05) is 0 Å². The first-order chi connectivity index (χ1) is 12.1. The lowest BCUT2D eigenvalue weighted by atomic mass is 9.67. The average Bonchev–Trinajstić information content (AvgIpc) is 2.65. The van der Waals surface area contributed by atoms with E-state index in [0.29, 0.717) is 36.8 Å². The van der Waals surface area contributed by atoms with Gasteiger partial charge in [-0.2, -0.15) is 0 Å². The van der Waals surface area contributed by atoms with E-state index in [4.69, 9.17) is 4.74 Å². The molecule has 0 aromatic heterocycles. The standard InChI is InChI=1S/C20H22FNO3/c1-14-17(8-5-9-18(14)21)20(19(23)22-24)12-10-16(11-13-20)25-15-6-3-2-4-7-15/h2-9,16,24H,10-13H2,1H3,(H,22,23)/t16-,20-. The first-order valence-corrected chi connectivity index (χ1v) is 8.48. The Labute approximate surface area is 146 Å². The van der Waals surface area contributed by atoms with Gasteiger partial charge in [0.25, 0.3) is 5.91 Å². The molecule has 2 N–H and O–H groups in total. The van der Waals surface area contributed by atoms with Crippen LogP contribution in [-0.2, 0) is 10.2 Å². The van der Waals surface area contributed by atoms with Crippen LogP contribution >= 0.6 is 0 Å². The second-order valence-electron chi connectivity index (χ2n) is 6.57. The van der Waals surface area contributed by atoms with Gasteiger partial charge in [-0.1, -0.05) is 30.3 Å². The molecule has 0 unspecified atom stereocenters. The summed E-state index contributed by atoms with van der Waals surface area (Å²) in [6, 6.07) is 14.3. The Bertz CT molecular complexity index is 740. The fraction of sp³-hybridized carbons (Fsp3) is 0.350. The van der Waals surface area contributed by atoms with Crippen molar-refractivity contribution in [3.05, 3.63) is 65.5 Å². The fourth-order valence-corrected chi connectivity index (χ4v) is 3.75. The summed E-state index contributed by atoms with van der Waals surface area (Å²) in [6.45, 7) is 1.67. The first-order valence-electron chi connectivity index (χ1n) is 8.48. The molecule has 0 atom stereocenters. The van der Waals surface area contributed by atoms with Crippen LogP contribution in [0.15, 0.2) is 48.5 Å². The number of ether oxygens (including phenoxy) is 1. The van der Waals surface area contributed by atoms with Crippen molar-refractivity contribution in [3.8, 4) is 5.75 Å². The number of benzene rings is 2. The number of hydroxylamine groups is 1. The highest BCUT2D eigenvalue weighted by Gasteiger charge is 2.45. The van der Waals surface area contributed by atoms with Crippen LogP contribution in [0.1, 0.15) is 36.8 Å². The van der Waals surface area contributed by atoms with Crippen molar-refractivity contribution < 1.29 is 19.1 Å². The normalized spacial score (nSPS) is 23.1. The maximum atomic E-state index is 14.0. The highest BCUT2D eigenvalue weighted by Crippen LogP contribution is 2.42. The van der Waals surface area contributed by atoms with Gasteiger partial charge >= 0.3 is 0 Å². The number of rotatable bonds is 4. The Morgan fingerprint density at radius 1 is 1.16 bits per heavy atom. The predicted molar refractivity (Wildman–Crippen MR) is 92.1 cm³/mol. The maximum Gasteiger partial charge on any atom is 0.253 e. The highest BCUT2D eigenvalue weighted by atomic mass is 19.1. The largest absolute Gasteiger partial charge is 0.490 e. The Balaban J connectivity index is 1.83. The van der Waals surface area contributed by atoms with Crippen molar-refractivity contribution in [2.24, 2.45) is 0 Å². The van der Waals surface area contributed by atoms with E-state index in [-0.39, 0.29) is 11.9 Å². The van der Waals surface area contributed by atoms with E-state index in [0.717, 1.165) is 5.75 Å². The third kappa shape index (κ3) is 3.37. The summed E-state index contributed by atoms with van der Waals surface area (Å²) >= 11 is 0. The average molecular weight is 343 g/mol. The minimum Gasteiger partial charge on any atom is -0.490 e. The van der Waals surface area contributed by atoms with E-state index in [1.54, 1.807) is 24.5 Å². The maximum absolute atomic E-state index is 14.0. The van der Waals surface area contributed by atoms with E-state index in [9.17, 15) is 14.4 Å². The Kier molecular flexibility index (Phi) is 5.04. The number of hydrogen-bond donors (Lipinski definition) is 2. The summed E-state index contributed by atoms with van der Waals surface area (Å²) < 4.78 is 20.0. The SMILES string of the molecule is Cc1c(F)cccc1[C@]1(C(=O)NO)CC[C@H](Oc2ccccc2)CC1. The van der Waals surface area contributed by atoms with Crippen molar-refractivity contribution >= 4 is 5.91 Å². The Morgan fingerprint density at radius 2 is 1.84 bits per heavy atom. The van der Waals surface area contributed by atoms with Crippen LogP contribution in [0.5, 0.6) is 5.75 Å². The van der Waals surface area contributed by atoms with Crippen LogP contribution in [-0.4, -0.2) is 17.2 Å². The number of carbonyl (C=O) groups excluding carboxylic acids is 1. The summed E-state index contributed by atoms with van der Waals surface area (Å²) in [5.74, 6) is -0.0295. The molecule has 0 aliphatic heterocycles. The minimum atomic E-state index is -0.933. The summed E-state index contributed by atoms with van der Waals surface area (Å²) in [5.41, 5.74) is 1.94. The Hall–Kier alpha value is -2.40. The van der Waals surface area contributed by atoms with Crippen molar-refractivity contribution in [2.45, 2.75) is 44.1 Å². The molecule has 0 saturated heterocycles. The summed E-state index contributed by atoms with van der Waals surface area (Å²) in [7, 11) is 0. The van der Waals surface area contributed by atoms with Gasteiger partial charge in [-0.15, -0.1) is 0 Å². The van der Waals surface area contributed by atoms with Gasteiger partial charge in [0.1, 0.15) is 11.6 Å². The van der Waals surface area contributed by atoms with Gasteiger partial charge in [-0.05, 0) is 61.9 Å². The zero-order valence-corrected chi connectivity index (χ0v) is 14.2. The van der Waals surface area contributed by atoms with Crippen LogP contribution in [0.25, 0.3) is 0 Å². The number of nitrogens with one attached hydrogen (secondary N) is 1. The predicted octanol–water partition coefficient (Wildman–Crippen LogP) is 3.90. The van der Waals surface area contributed by atoms with E-state index in [2.05, 4.69) is 0 Å². The molecule has 25 heavy (non-hydrogen) atoms. The summed E-state index contributed by atoms with van der Waals surface area (Å²) in [6.07, 6.45) is 2.27. The summed E-state index contributed by atoms with van der Waals surface area (Å²) in [4.78, 5) is 12.5.